The van der Waals surface area contributed by atoms with Crippen LogP contribution in [-0.4, -0.2) is 31.6 Å². The van der Waals surface area contributed by atoms with Gasteiger partial charge in [0.25, 0.3) is 0 Å². The van der Waals surface area contributed by atoms with Gasteiger partial charge in [0.2, 0.25) is 0 Å². The van der Waals surface area contributed by atoms with E-state index in [1.807, 2.05) is 0 Å². The van der Waals surface area contributed by atoms with E-state index in [9.17, 15) is 9.90 Å². The average molecular weight is 209 g/mol. The zero-order valence-electron chi connectivity index (χ0n) is 9.13. The molecule has 82 valence electrons. The quantitative estimate of drug-likeness (QED) is 0.729. The Balaban J connectivity index is 3.11. The number of benzene rings is 1. The summed E-state index contributed by atoms with van der Waals surface area (Å²) in [6, 6.07) is 3.25. The van der Waals surface area contributed by atoms with Crippen LogP contribution in [0.25, 0.3) is 0 Å². The number of methoxy groups -OCH3 is 1. The van der Waals surface area contributed by atoms with Gasteiger partial charge in [-0.05, 0) is 26.1 Å². The fraction of sp³-hybridized carbons (Fsp3) is 0.364. The lowest BCUT2D eigenvalue weighted by Crippen LogP contribution is -2.18. The molecule has 0 saturated carbocycles. The summed E-state index contributed by atoms with van der Waals surface area (Å²) in [6.07, 6.45) is 0. The van der Waals surface area contributed by atoms with Crippen molar-refractivity contribution >= 4 is 5.78 Å². The molecular formula is C11H15NO3. The lowest BCUT2D eigenvalue weighted by Gasteiger charge is -2.10. The summed E-state index contributed by atoms with van der Waals surface area (Å²) < 4.78 is 5.03. The van der Waals surface area contributed by atoms with Crippen molar-refractivity contribution in [1.82, 2.24) is 5.32 Å². The Labute approximate surface area is 88.9 Å². The summed E-state index contributed by atoms with van der Waals surface area (Å²) >= 11 is 0. The summed E-state index contributed by atoms with van der Waals surface area (Å²) in [6.45, 7) is 1.92. The lowest BCUT2D eigenvalue weighted by molar-refractivity contribution is 0.0991. The van der Waals surface area contributed by atoms with Gasteiger partial charge in [0.05, 0.1) is 19.2 Å². The van der Waals surface area contributed by atoms with Gasteiger partial charge in [-0.15, -0.1) is 0 Å². The number of phenolic OH excluding ortho intramolecular Hbond substituents is 1. The highest BCUT2D eigenvalue weighted by Crippen LogP contribution is 2.30. The molecule has 0 aliphatic carbocycles. The summed E-state index contributed by atoms with van der Waals surface area (Å²) in [5.41, 5.74) is 0.905. The number of Topliss-reactive ketones (excluding diaryl/α,β-unsaturated/α-hetero) is 1. The highest BCUT2D eigenvalue weighted by Gasteiger charge is 2.14. The molecule has 4 heteroatoms. The second kappa shape index (κ2) is 4.79. The van der Waals surface area contributed by atoms with Gasteiger partial charge in [0, 0.05) is 5.56 Å². The van der Waals surface area contributed by atoms with Gasteiger partial charge in [-0.1, -0.05) is 0 Å². The number of hydrogen-bond donors (Lipinski definition) is 2. The first-order chi connectivity index (χ1) is 7.11. The minimum atomic E-state index is -0.138. The molecule has 0 spiro atoms. The SMILES string of the molecule is CNCC(=O)c1ccc(OC)c(C)c1O. The number of aromatic hydroxyl groups is 1. The Morgan fingerprint density at radius 2 is 2.20 bits per heavy atom. The van der Waals surface area contributed by atoms with E-state index in [2.05, 4.69) is 5.32 Å². The maximum absolute atomic E-state index is 11.6. The van der Waals surface area contributed by atoms with Gasteiger partial charge in [-0.25, -0.2) is 0 Å². The van der Waals surface area contributed by atoms with Gasteiger partial charge in [0.1, 0.15) is 11.5 Å². The number of ether oxygens (including phenoxy) is 1. The number of hydrogen-bond acceptors (Lipinski definition) is 4. The van der Waals surface area contributed by atoms with E-state index in [0.717, 1.165) is 0 Å². The van der Waals surface area contributed by atoms with E-state index < -0.39 is 0 Å². The Morgan fingerprint density at radius 1 is 1.53 bits per heavy atom. The van der Waals surface area contributed by atoms with Gasteiger partial charge in [-0.3, -0.25) is 4.79 Å². The third kappa shape index (κ3) is 2.27. The number of nitrogens with one attached hydrogen (secondary N) is 1. The zero-order chi connectivity index (χ0) is 11.4. The van der Waals surface area contributed by atoms with Gasteiger partial charge in [-0.2, -0.15) is 0 Å². The molecule has 0 aromatic heterocycles. The van der Waals surface area contributed by atoms with Crippen molar-refractivity contribution in [3.8, 4) is 11.5 Å². The Morgan fingerprint density at radius 3 is 2.73 bits per heavy atom. The molecule has 0 bridgehead atoms. The van der Waals surface area contributed by atoms with Crippen molar-refractivity contribution in [1.29, 1.82) is 0 Å². The molecule has 0 aliphatic heterocycles. The highest BCUT2D eigenvalue weighted by molar-refractivity contribution is 6.00. The van der Waals surface area contributed by atoms with Crippen LogP contribution in [0.4, 0.5) is 0 Å². The van der Waals surface area contributed by atoms with Crippen LogP contribution in [0.15, 0.2) is 12.1 Å². The molecule has 0 radical (unpaired) electrons. The number of ketones is 1. The van der Waals surface area contributed by atoms with Crippen LogP contribution in [0.2, 0.25) is 0 Å². The smallest absolute Gasteiger partial charge is 0.180 e. The van der Waals surface area contributed by atoms with Crippen LogP contribution in [0.1, 0.15) is 15.9 Å². The largest absolute Gasteiger partial charge is 0.507 e. The Hall–Kier alpha value is -1.55. The normalized spacial score (nSPS) is 10.1. The van der Waals surface area contributed by atoms with Crippen LogP contribution in [-0.2, 0) is 0 Å². The fourth-order valence-electron chi connectivity index (χ4n) is 1.38. The summed E-state index contributed by atoms with van der Waals surface area (Å²) in [4.78, 5) is 11.6. The van der Waals surface area contributed by atoms with Gasteiger partial charge >= 0.3 is 0 Å². The molecule has 0 fully saturated rings. The molecule has 2 N–H and O–H groups in total. The second-order valence-electron chi connectivity index (χ2n) is 3.24. The molecule has 0 aliphatic rings. The third-order valence-corrected chi connectivity index (χ3v) is 2.24. The van der Waals surface area contributed by atoms with Crippen molar-refractivity contribution in [2.45, 2.75) is 6.92 Å². The third-order valence-electron chi connectivity index (χ3n) is 2.24. The number of likely N-dealkylation sites (N-methyl/N-ethyl adjacent to an activating group) is 1. The number of carbonyl (C=O) groups excluding carboxylic acids is 1. The van der Waals surface area contributed by atoms with E-state index in [1.54, 1.807) is 26.1 Å². The van der Waals surface area contributed by atoms with E-state index in [0.29, 0.717) is 16.9 Å². The van der Waals surface area contributed by atoms with E-state index >= 15 is 0 Å². The first-order valence-electron chi connectivity index (χ1n) is 4.66. The first kappa shape index (κ1) is 11.5. The molecule has 4 nitrogen and oxygen atoms in total. The van der Waals surface area contributed by atoms with Crippen LogP contribution < -0.4 is 10.1 Å². The maximum atomic E-state index is 11.6. The Kier molecular flexibility index (Phi) is 3.68. The zero-order valence-corrected chi connectivity index (χ0v) is 9.13. The molecule has 1 aromatic rings. The van der Waals surface area contributed by atoms with E-state index in [1.165, 1.54) is 7.11 Å². The molecule has 1 aromatic carbocycles. The minimum absolute atomic E-state index is 0.00500. The monoisotopic (exact) mass is 209 g/mol. The first-order valence-corrected chi connectivity index (χ1v) is 4.66. The molecular weight excluding hydrogens is 194 g/mol. The van der Waals surface area contributed by atoms with Crippen molar-refractivity contribution < 1.29 is 14.6 Å². The molecule has 1 rings (SSSR count). The number of carbonyl (C=O) groups is 1. The summed E-state index contributed by atoms with van der Waals surface area (Å²) in [5.74, 6) is 0.434. The number of rotatable bonds is 4. The van der Waals surface area contributed by atoms with Crippen LogP contribution >= 0.6 is 0 Å². The van der Waals surface area contributed by atoms with Crippen LogP contribution in [0.3, 0.4) is 0 Å². The standard InChI is InChI=1S/C11H15NO3/c1-7-10(15-3)5-4-8(11(7)14)9(13)6-12-2/h4-5,12,14H,6H2,1-3H3. The van der Waals surface area contributed by atoms with Crippen molar-refractivity contribution in [3.63, 3.8) is 0 Å². The maximum Gasteiger partial charge on any atom is 0.180 e. The highest BCUT2D eigenvalue weighted by atomic mass is 16.5. The Bertz CT molecular complexity index is 374. The minimum Gasteiger partial charge on any atom is -0.507 e. The molecule has 0 atom stereocenters. The summed E-state index contributed by atoms with van der Waals surface area (Å²) in [7, 11) is 3.21. The number of phenols is 1. The molecule has 0 unspecified atom stereocenters. The van der Waals surface area contributed by atoms with Gasteiger partial charge < -0.3 is 15.2 Å². The predicted octanol–water partition coefficient (Wildman–Crippen LogP) is 1.11. The van der Waals surface area contributed by atoms with Crippen LogP contribution in [0, 0.1) is 6.92 Å². The lowest BCUT2D eigenvalue weighted by atomic mass is 10.0. The molecule has 15 heavy (non-hydrogen) atoms. The van der Waals surface area contributed by atoms with Crippen molar-refractivity contribution in [2.75, 3.05) is 20.7 Å². The fourth-order valence-corrected chi connectivity index (χ4v) is 1.38. The van der Waals surface area contributed by atoms with Crippen LogP contribution in [0.5, 0.6) is 11.5 Å². The second-order valence-corrected chi connectivity index (χ2v) is 3.24. The molecule has 0 saturated heterocycles. The topological polar surface area (TPSA) is 58.6 Å². The van der Waals surface area contributed by atoms with Gasteiger partial charge in [0.15, 0.2) is 5.78 Å². The van der Waals surface area contributed by atoms with Crippen molar-refractivity contribution in [3.05, 3.63) is 23.3 Å². The summed E-state index contributed by atoms with van der Waals surface area (Å²) in [5, 5.41) is 12.5. The predicted molar refractivity (Wildman–Crippen MR) is 57.7 cm³/mol. The molecule has 0 amide bonds. The molecule has 0 heterocycles. The van der Waals surface area contributed by atoms with E-state index in [4.69, 9.17) is 4.74 Å². The van der Waals surface area contributed by atoms with E-state index in [-0.39, 0.29) is 18.1 Å². The van der Waals surface area contributed by atoms with Crippen molar-refractivity contribution in [2.24, 2.45) is 0 Å². The average Bonchev–Trinajstić information content (AvgIpc) is 2.22.